The first-order chi connectivity index (χ1) is 12.4. The highest BCUT2D eigenvalue weighted by molar-refractivity contribution is 5.95. The monoisotopic (exact) mass is 361 g/mol. The van der Waals surface area contributed by atoms with Crippen LogP contribution in [-0.4, -0.2) is 53.8 Å². The minimum atomic E-state index is -0.0612. The molecule has 1 aliphatic heterocycles. The van der Waals surface area contributed by atoms with Crippen LogP contribution in [0.15, 0.2) is 6.07 Å². The number of aryl methyl sites for hydroxylation is 1. The van der Waals surface area contributed by atoms with Gasteiger partial charge in [-0.25, -0.2) is 0 Å². The van der Waals surface area contributed by atoms with Crippen molar-refractivity contribution >= 4 is 5.91 Å². The average molecular weight is 362 g/mol. The molecule has 2 aliphatic rings. The molecule has 1 aromatic rings. The molecule has 0 radical (unpaired) electrons. The van der Waals surface area contributed by atoms with Crippen molar-refractivity contribution < 1.29 is 9.53 Å². The first-order valence-corrected chi connectivity index (χ1v) is 10.2. The van der Waals surface area contributed by atoms with Crippen LogP contribution in [-0.2, 0) is 4.74 Å². The fourth-order valence-electron chi connectivity index (χ4n) is 4.58. The molecular formula is C21H35N3O2. The number of aromatic nitrogens is 1. The van der Waals surface area contributed by atoms with Crippen LogP contribution in [0.25, 0.3) is 0 Å². The Bertz CT molecular complexity index is 623. The molecule has 26 heavy (non-hydrogen) atoms. The molecule has 0 bridgehead atoms. The van der Waals surface area contributed by atoms with E-state index in [1.807, 2.05) is 0 Å². The summed E-state index contributed by atoms with van der Waals surface area (Å²) in [6.45, 7) is 12.7. The van der Waals surface area contributed by atoms with E-state index in [2.05, 4.69) is 48.5 Å². The van der Waals surface area contributed by atoms with E-state index in [0.29, 0.717) is 12.6 Å². The van der Waals surface area contributed by atoms with Crippen LogP contribution in [0.2, 0.25) is 0 Å². The van der Waals surface area contributed by atoms with Gasteiger partial charge in [0.05, 0.1) is 18.8 Å². The number of nitrogens with zero attached hydrogens (tertiary/aromatic N) is 2. The molecule has 0 spiro atoms. The van der Waals surface area contributed by atoms with Gasteiger partial charge < -0.3 is 14.6 Å². The van der Waals surface area contributed by atoms with E-state index in [4.69, 9.17) is 4.74 Å². The van der Waals surface area contributed by atoms with Gasteiger partial charge in [0.1, 0.15) is 0 Å². The van der Waals surface area contributed by atoms with Crippen molar-refractivity contribution in [2.24, 2.45) is 0 Å². The van der Waals surface area contributed by atoms with E-state index in [0.717, 1.165) is 37.6 Å². The Kier molecular flexibility index (Phi) is 6.08. The van der Waals surface area contributed by atoms with E-state index in [1.165, 1.54) is 37.8 Å². The molecule has 1 saturated carbocycles. The molecular weight excluding hydrogens is 326 g/mol. The zero-order chi connectivity index (χ0) is 18.7. The molecule has 0 unspecified atom stereocenters. The zero-order valence-corrected chi connectivity index (χ0v) is 16.9. The molecule has 1 N–H and O–H groups in total. The lowest BCUT2D eigenvalue weighted by Gasteiger charge is -2.40. The van der Waals surface area contributed by atoms with Crippen LogP contribution in [0.3, 0.4) is 0 Å². The highest BCUT2D eigenvalue weighted by Gasteiger charge is 2.29. The number of carbonyl (C=O) groups is 1. The Balaban J connectivity index is 1.66. The average Bonchev–Trinajstić information content (AvgIpc) is 2.95. The standard InChI is InChI=1S/C21H35N3O2/c1-16-14-19(17(2)24(16)18-8-6-5-7-9-18)20(25)22-15-21(3,4)23-10-12-26-13-11-23/h14,18H,5-13,15H2,1-4H3,(H,22,25). The molecule has 1 aromatic heterocycles. The fraction of sp³-hybridized carbons (Fsp3) is 0.762. The Hall–Kier alpha value is -1.33. The molecule has 1 amide bonds. The molecule has 3 rings (SSSR count). The number of ether oxygens (including phenoxy) is 1. The van der Waals surface area contributed by atoms with Crippen molar-refractivity contribution in [3.8, 4) is 0 Å². The number of amides is 1. The summed E-state index contributed by atoms with van der Waals surface area (Å²) in [4.78, 5) is 15.3. The van der Waals surface area contributed by atoms with Crippen molar-refractivity contribution in [2.45, 2.75) is 71.4 Å². The summed E-state index contributed by atoms with van der Waals surface area (Å²) in [5.74, 6) is 0.0569. The first kappa shape index (κ1) is 19.4. The van der Waals surface area contributed by atoms with Crippen LogP contribution in [0.1, 0.15) is 73.7 Å². The van der Waals surface area contributed by atoms with Crippen LogP contribution in [0, 0.1) is 13.8 Å². The van der Waals surface area contributed by atoms with Gasteiger partial charge in [0.2, 0.25) is 0 Å². The van der Waals surface area contributed by atoms with Gasteiger partial charge in [-0.15, -0.1) is 0 Å². The van der Waals surface area contributed by atoms with E-state index < -0.39 is 0 Å². The van der Waals surface area contributed by atoms with Gasteiger partial charge in [0.25, 0.3) is 5.91 Å². The highest BCUT2D eigenvalue weighted by Crippen LogP contribution is 2.32. The molecule has 2 heterocycles. The Morgan fingerprint density at radius 1 is 1.19 bits per heavy atom. The van der Waals surface area contributed by atoms with Gasteiger partial charge >= 0.3 is 0 Å². The van der Waals surface area contributed by atoms with Gasteiger partial charge in [-0.3, -0.25) is 9.69 Å². The minimum Gasteiger partial charge on any atom is -0.379 e. The lowest BCUT2D eigenvalue weighted by molar-refractivity contribution is -0.00923. The summed E-state index contributed by atoms with van der Waals surface area (Å²) in [6.07, 6.45) is 6.43. The van der Waals surface area contributed by atoms with Crippen molar-refractivity contribution in [2.75, 3.05) is 32.8 Å². The van der Waals surface area contributed by atoms with Crippen molar-refractivity contribution in [1.82, 2.24) is 14.8 Å². The van der Waals surface area contributed by atoms with Crippen molar-refractivity contribution in [3.63, 3.8) is 0 Å². The summed E-state index contributed by atoms with van der Waals surface area (Å²) in [5.41, 5.74) is 3.11. The second kappa shape index (κ2) is 8.13. The number of nitrogens with one attached hydrogen (secondary N) is 1. The third kappa shape index (κ3) is 4.15. The largest absolute Gasteiger partial charge is 0.379 e. The molecule has 0 aromatic carbocycles. The third-order valence-corrected chi connectivity index (χ3v) is 6.22. The second-order valence-corrected chi connectivity index (χ2v) is 8.54. The second-order valence-electron chi connectivity index (χ2n) is 8.54. The van der Waals surface area contributed by atoms with E-state index >= 15 is 0 Å². The van der Waals surface area contributed by atoms with E-state index in [9.17, 15) is 4.79 Å². The Morgan fingerprint density at radius 3 is 2.50 bits per heavy atom. The molecule has 0 atom stereocenters. The number of hydrogen-bond donors (Lipinski definition) is 1. The maximum absolute atomic E-state index is 12.9. The maximum Gasteiger partial charge on any atom is 0.253 e. The molecule has 2 fully saturated rings. The van der Waals surface area contributed by atoms with Crippen molar-refractivity contribution in [1.29, 1.82) is 0 Å². The van der Waals surface area contributed by atoms with Crippen LogP contribution < -0.4 is 5.32 Å². The maximum atomic E-state index is 12.9. The molecule has 5 nitrogen and oxygen atoms in total. The molecule has 1 saturated heterocycles. The lowest BCUT2D eigenvalue weighted by atomic mass is 9.95. The zero-order valence-electron chi connectivity index (χ0n) is 16.9. The van der Waals surface area contributed by atoms with Gasteiger partial charge in [-0.2, -0.15) is 0 Å². The van der Waals surface area contributed by atoms with Gasteiger partial charge in [0.15, 0.2) is 0 Å². The summed E-state index contributed by atoms with van der Waals surface area (Å²) >= 11 is 0. The fourth-order valence-corrected chi connectivity index (χ4v) is 4.58. The van der Waals surface area contributed by atoms with Gasteiger partial charge in [-0.05, 0) is 46.6 Å². The topological polar surface area (TPSA) is 46.5 Å². The molecule has 5 heteroatoms. The lowest BCUT2D eigenvalue weighted by Crippen LogP contribution is -2.55. The highest BCUT2D eigenvalue weighted by atomic mass is 16.5. The molecule has 146 valence electrons. The summed E-state index contributed by atoms with van der Waals surface area (Å²) in [6, 6.07) is 2.64. The number of hydrogen-bond acceptors (Lipinski definition) is 3. The van der Waals surface area contributed by atoms with Crippen LogP contribution in [0.5, 0.6) is 0 Å². The third-order valence-electron chi connectivity index (χ3n) is 6.22. The minimum absolute atomic E-state index is 0.0569. The predicted molar refractivity (Wildman–Crippen MR) is 105 cm³/mol. The van der Waals surface area contributed by atoms with E-state index in [1.54, 1.807) is 0 Å². The smallest absolute Gasteiger partial charge is 0.253 e. The van der Waals surface area contributed by atoms with Crippen LogP contribution >= 0.6 is 0 Å². The number of morpholine rings is 1. The number of rotatable bonds is 5. The summed E-state index contributed by atoms with van der Waals surface area (Å²) < 4.78 is 7.85. The van der Waals surface area contributed by atoms with E-state index in [-0.39, 0.29) is 11.4 Å². The predicted octanol–water partition coefficient (Wildman–Crippen LogP) is 3.45. The summed E-state index contributed by atoms with van der Waals surface area (Å²) in [5, 5.41) is 3.19. The van der Waals surface area contributed by atoms with Crippen molar-refractivity contribution in [3.05, 3.63) is 23.0 Å². The number of carbonyl (C=O) groups excluding carboxylic acids is 1. The quantitative estimate of drug-likeness (QED) is 0.874. The summed E-state index contributed by atoms with van der Waals surface area (Å²) in [7, 11) is 0. The normalized spacial score (nSPS) is 20.3. The van der Waals surface area contributed by atoms with Gasteiger partial charge in [0, 0.05) is 42.6 Å². The Labute approximate surface area is 158 Å². The Morgan fingerprint density at radius 2 is 1.85 bits per heavy atom. The first-order valence-electron chi connectivity index (χ1n) is 10.2. The van der Waals surface area contributed by atoms with Crippen LogP contribution in [0.4, 0.5) is 0 Å². The molecule has 1 aliphatic carbocycles. The SMILES string of the molecule is Cc1cc(C(=O)NCC(C)(C)N2CCOCC2)c(C)n1C1CCCCC1. The van der Waals surface area contributed by atoms with Gasteiger partial charge in [-0.1, -0.05) is 19.3 Å².